The van der Waals surface area contributed by atoms with Crippen LogP contribution in [0.3, 0.4) is 0 Å². The molecule has 1 saturated carbocycles. The number of halogens is 1. The molecule has 0 bridgehead atoms. The molecule has 1 N–H and O–H groups in total. The Labute approximate surface area is 204 Å². The van der Waals surface area contributed by atoms with Crippen molar-refractivity contribution < 1.29 is 23.6 Å². The second kappa shape index (κ2) is 10.8. The summed E-state index contributed by atoms with van der Waals surface area (Å²) >= 11 is 0. The molecule has 0 unspecified atom stereocenters. The maximum Gasteiger partial charge on any atom is 0.261 e. The van der Waals surface area contributed by atoms with Gasteiger partial charge >= 0.3 is 0 Å². The number of carbonyl (C=O) groups excluding carboxylic acids is 4. The summed E-state index contributed by atoms with van der Waals surface area (Å²) in [6, 6.07) is 11.9. The molecule has 8 heteroatoms. The molecule has 1 atom stereocenters. The van der Waals surface area contributed by atoms with E-state index in [0.717, 1.165) is 25.7 Å². The molecule has 184 valence electrons. The quantitative estimate of drug-likeness (QED) is 0.556. The lowest BCUT2D eigenvalue weighted by Gasteiger charge is -2.30. The van der Waals surface area contributed by atoms with Crippen LogP contribution in [0.5, 0.6) is 0 Å². The number of nitrogens with one attached hydrogen (secondary N) is 1. The topological polar surface area (TPSA) is 86.8 Å². The highest BCUT2D eigenvalue weighted by molar-refractivity contribution is 6.21. The summed E-state index contributed by atoms with van der Waals surface area (Å²) < 4.78 is 13.4. The van der Waals surface area contributed by atoms with Crippen LogP contribution in [0.2, 0.25) is 0 Å². The summed E-state index contributed by atoms with van der Waals surface area (Å²) in [5, 5.41) is 3.04. The number of carbonyl (C=O) groups is 4. The molecule has 1 aliphatic heterocycles. The molecule has 0 radical (unpaired) electrons. The average molecular weight is 480 g/mol. The van der Waals surface area contributed by atoms with Gasteiger partial charge in [-0.3, -0.25) is 24.1 Å². The lowest BCUT2D eigenvalue weighted by molar-refractivity contribution is -0.141. The van der Waals surface area contributed by atoms with E-state index in [2.05, 4.69) is 5.32 Å². The van der Waals surface area contributed by atoms with Crippen LogP contribution in [-0.2, 0) is 16.1 Å². The third kappa shape index (κ3) is 5.58. The zero-order chi connectivity index (χ0) is 24.9. The van der Waals surface area contributed by atoms with Gasteiger partial charge < -0.3 is 10.2 Å². The van der Waals surface area contributed by atoms with E-state index in [1.807, 2.05) is 0 Å². The van der Waals surface area contributed by atoms with E-state index in [0.29, 0.717) is 16.7 Å². The predicted octanol–water partition coefficient (Wildman–Crippen LogP) is 3.68. The van der Waals surface area contributed by atoms with Crippen LogP contribution in [0.25, 0.3) is 0 Å². The van der Waals surface area contributed by atoms with Gasteiger partial charge in [0.05, 0.1) is 11.1 Å². The smallest absolute Gasteiger partial charge is 0.261 e. The van der Waals surface area contributed by atoms with Gasteiger partial charge in [-0.25, -0.2) is 4.39 Å². The van der Waals surface area contributed by atoms with E-state index in [1.54, 1.807) is 43.3 Å². The zero-order valence-electron chi connectivity index (χ0n) is 19.8. The van der Waals surface area contributed by atoms with Crippen LogP contribution in [0, 0.1) is 5.82 Å². The van der Waals surface area contributed by atoms with Gasteiger partial charge in [0.2, 0.25) is 11.8 Å². The second-order valence-electron chi connectivity index (χ2n) is 9.23. The van der Waals surface area contributed by atoms with Gasteiger partial charge in [0, 0.05) is 25.6 Å². The van der Waals surface area contributed by atoms with Crippen molar-refractivity contribution in [3.63, 3.8) is 0 Å². The van der Waals surface area contributed by atoms with E-state index in [4.69, 9.17) is 0 Å². The van der Waals surface area contributed by atoms with Crippen LogP contribution >= 0.6 is 0 Å². The number of amides is 4. The molecule has 0 spiro atoms. The Morgan fingerprint density at radius 2 is 1.63 bits per heavy atom. The van der Waals surface area contributed by atoms with Gasteiger partial charge in [-0.15, -0.1) is 0 Å². The van der Waals surface area contributed by atoms with Gasteiger partial charge in [0.1, 0.15) is 11.9 Å². The Hall–Kier alpha value is -3.55. The molecular weight excluding hydrogens is 449 g/mol. The molecule has 2 aromatic rings. The number of hydrogen-bond acceptors (Lipinski definition) is 4. The maximum atomic E-state index is 13.4. The second-order valence-corrected chi connectivity index (χ2v) is 9.23. The lowest BCUT2D eigenvalue weighted by atomic mass is 10.1. The molecule has 1 aliphatic carbocycles. The van der Waals surface area contributed by atoms with Crippen molar-refractivity contribution in [2.24, 2.45) is 0 Å². The monoisotopic (exact) mass is 479 g/mol. The zero-order valence-corrected chi connectivity index (χ0v) is 19.8. The van der Waals surface area contributed by atoms with Crippen LogP contribution in [0.4, 0.5) is 4.39 Å². The minimum atomic E-state index is -0.715. The third-order valence-corrected chi connectivity index (χ3v) is 6.79. The molecule has 1 heterocycles. The molecule has 0 saturated heterocycles. The van der Waals surface area contributed by atoms with Crippen LogP contribution in [-0.4, -0.2) is 52.1 Å². The van der Waals surface area contributed by atoms with Crippen molar-refractivity contribution in [2.75, 3.05) is 6.54 Å². The molecule has 2 aliphatic rings. The van der Waals surface area contributed by atoms with Crippen molar-refractivity contribution in [2.45, 2.75) is 64.1 Å². The molecule has 7 nitrogen and oxygen atoms in total. The molecule has 4 rings (SSSR count). The molecule has 1 fully saturated rings. The van der Waals surface area contributed by atoms with E-state index in [-0.39, 0.29) is 61.4 Å². The summed E-state index contributed by atoms with van der Waals surface area (Å²) in [5.41, 5.74) is 1.46. The Kier molecular flexibility index (Phi) is 7.58. The number of fused-ring (bicyclic) bond motifs is 1. The van der Waals surface area contributed by atoms with Gasteiger partial charge in [-0.2, -0.15) is 0 Å². The first-order valence-electron chi connectivity index (χ1n) is 12.1. The maximum absolute atomic E-state index is 13.4. The van der Waals surface area contributed by atoms with Crippen molar-refractivity contribution in [3.05, 3.63) is 71.0 Å². The molecule has 2 aromatic carbocycles. The normalized spacial score (nSPS) is 16.3. The number of benzene rings is 2. The Morgan fingerprint density at radius 3 is 2.23 bits per heavy atom. The summed E-state index contributed by atoms with van der Waals surface area (Å²) in [7, 11) is 0. The van der Waals surface area contributed by atoms with Crippen LogP contribution < -0.4 is 5.32 Å². The highest BCUT2D eigenvalue weighted by atomic mass is 19.1. The summed E-state index contributed by atoms with van der Waals surface area (Å²) in [4.78, 5) is 54.0. The molecule has 35 heavy (non-hydrogen) atoms. The fraction of sp³-hybridized carbons (Fsp3) is 0.407. The molecular formula is C27H30FN3O4. The Bertz CT molecular complexity index is 1080. The van der Waals surface area contributed by atoms with Gasteiger partial charge in [-0.05, 0) is 56.0 Å². The SMILES string of the molecule is C[C@H](C(=O)NC1CCCC1)N(Cc1ccc(F)cc1)C(=O)CCCN1C(=O)c2ccccc2C1=O. The lowest BCUT2D eigenvalue weighted by Crippen LogP contribution is -2.49. The van der Waals surface area contributed by atoms with Crippen molar-refractivity contribution in [3.8, 4) is 0 Å². The average Bonchev–Trinajstić information content (AvgIpc) is 3.45. The van der Waals surface area contributed by atoms with Gasteiger partial charge in [0.15, 0.2) is 0 Å². The van der Waals surface area contributed by atoms with Gasteiger partial charge in [-0.1, -0.05) is 37.1 Å². The Balaban J connectivity index is 1.40. The third-order valence-electron chi connectivity index (χ3n) is 6.79. The van der Waals surface area contributed by atoms with Crippen LogP contribution in [0.15, 0.2) is 48.5 Å². The predicted molar refractivity (Wildman–Crippen MR) is 128 cm³/mol. The van der Waals surface area contributed by atoms with E-state index in [1.165, 1.54) is 21.9 Å². The van der Waals surface area contributed by atoms with Crippen molar-refractivity contribution in [1.82, 2.24) is 15.1 Å². The van der Waals surface area contributed by atoms with Crippen molar-refractivity contribution in [1.29, 1.82) is 0 Å². The van der Waals surface area contributed by atoms with Gasteiger partial charge in [0.25, 0.3) is 11.8 Å². The van der Waals surface area contributed by atoms with E-state index in [9.17, 15) is 23.6 Å². The Morgan fingerprint density at radius 1 is 1.03 bits per heavy atom. The number of imide groups is 1. The number of hydrogen-bond donors (Lipinski definition) is 1. The first-order chi connectivity index (χ1) is 16.8. The summed E-state index contributed by atoms with van der Waals surface area (Å²) in [6.07, 6.45) is 4.37. The fourth-order valence-corrected chi connectivity index (χ4v) is 4.74. The highest BCUT2D eigenvalue weighted by Crippen LogP contribution is 2.23. The standard InChI is InChI=1S/C27H30FN3O4/c1-18(25(33)29-21-7-2-3-8-21)31(17-19-12-14-20(28)15-13-19)24(32)11-6-16-30-26(34)22-9-4-5-10-23(22)27(30)35/h4-5,9-10,12-15,18,21H,2-3,6-8,11,16-17H2,1H3,(H,29,33)/t18-/m1/s1. The summed E-state index contributed by atoms with van der Waals surface area (Å²) in [5.74, 6) is -1.57. The number of rotatable bonds is 9. The summed E-state index contributed by atoms with van der Waals surface area (Å²) in [6.45, 7) is 1.96. The van der Waals surface area contributed by atoms with Crippen LogP contribution in [0.1, 0.15) is 71.7 Å². The highest BCUT2D eigenvalue weighted by Gasteiger charge is 2.35. The van der Waals surface area contributed by atoms with Crippen molar-refractivity contribution >= 4 is 23.6 Å². The minimum absolute atomic E-state index is 0.0651. The molecule has 4 amide bonds. The minimum Gasteiger partial charge on any atom is -0.352 e. The van der Waals surface area contributed by atoms with E-state index >= 15 is 0 Å². The first-order valence-corrected chi connectivity index (χ1v) is 12.1. The first kappa shape index (κ1) is 24.6. The largest absolute Gasteiger partial charge is 0.352 e. The van der Waals surface area contributed by atoms with E-state index < -0.39 is 6.04 Å². The fourth-order valence-electron chi connectivity index (χ4n) is 4.74. The number of nitrogens with zero attached hydrogens (tertiary/aromatic N) is 2. The molecule has 0 aromatic heterocycles.